The van der Waals surface area contributed by atoms with Crippen LogP contribution in [0.5, 0.6) is 0 Å². The lowest BCUT2D eigenvalue weighted by Gasteiger charge is -2.11. The van der Waals surface area contributed by atoms with Crippen molar-refractivity contribution in [2.75, 3.05) is 0 Å². The first-order valence-corrected chi connectivity index (χ1v) is 3.14. The van der Waals surface area contributed by atoms with E-state index in [2.05, 4.69) is 10.8 Å². The van der Waals surface area contributed by atoms with Crippen LogP contribution in [0.2, 0.25) is 0 Å². The molecule has 12 heavy (non-hydrogen) atoms. The predicted molar refractivity (Wildman–Crippen MR) is 36.3 cm³/mol. The Hall–Kier alpha value is -1.46. The summed E-state index contributed by atoms with van der Waals surface area (Å²) in [6, 6.07) is -3.74. The lowest BCUT2D eigenvalue weighted by molar-refractivity contribution is -0.159. The van der Waals surface area contributed by atoms with Crippen LogP contribution in [-0.2, 0) is 10.8 Å². The number of carbonyl (C=O) groups excluding carboxylic acids is 1. The fraction of sp³-hybridized carbons (Fsp3) is 0.333. The molecule has 1 heterocycles. The summed E-state index contributed by atoms with van der Waals surface area (Å²) in [7, 11) is 0. The molecular weight excluding hydrogens is 168 g/mol. The van der Waals surface area contributed by atoms with Crippen molar-refractivity contribution in [3.05, 3.63) is 18.0 Å². The van der Waals surface area contributed by atoms with Crippen LogP contribution in [0.4, 0.5) is 8.78 Å². The van der Waals surface area contributed by atoms with Crippen LogP contribution in [-0.4, -0.2) is 15.7 Å². The van der Waals surface area contributed by atoms with Crippen LogP contribution in [0.15, 0.2) is 12.4 Å². The number of rotatable bonds is 2. The molecule has 1 amide bonds. The third-order valence-corrected chi connectivity index (χ3v) is 1.30. The number of hydrogen-bond acceptors (Lipinski definition) is 2. The predicted octanol–water partition coefficient (Wildman–Crippen LogP) is 0.226. The Bertz CT molecular complexity index is 307. The Balaban J connectivity index is 3.05. The topological polar surface area (TPSA) is 60.9 Å². The van der Waals surface area contributed by atoms with E-state index in [-0.39, 0.29) is 4.68 Å². The molecule has 0 bridgehead atoms. The van der Waals surface area contributed by atoms with Crippen molar-refractivity contribution in [2.24, 2.45) is 5.73 Å². The molecule has 0 unspecified atom stereocenters. The van der Waals surface area contributed by atoms with Gasteiger partial charge in [0.25, 0.3) is 0 Å². The standard InChI is InChI=1S/C6H7F2N3O/c1-4-2-10-11(3-4)6(7,8)5(9)12/h2-3H,1H3,(H2,9,12). The maximum absolute atomic E-state index is 12.7. The molecule has 2 N–H and O–H groups in total. The smallest absolute Gasteiger partial charge is 0.363 e. The molecule has 0 aromatic carbocycles. The number of amides is 1. The van der Waals surface area contributed by atoms with Crippen LogP contribution < -0.4 is 5.73 Å². The van der Waals surface area contributed by atoms with Gasteiger partial charge in [0.1, 0.15) is 0 Å². The van der Waals surface area contributed by atoms with Crippen LogP contribution in [0.1, 0.15) is 5.56 Å². The third-order valence-electron chi connectivity index (χ3n) is 1.30. The lowest BCUT2D eigenvalue weighted by Crippen LogP contribution is -2.38. The van der Waals surface area contributed by atoms with E-state index in [1.165, 1.54) is 6.20 Å². The lowest BCUT2D eigenvalue weighted by atomic mass is 10.4. The highest BCUT2D eigenvalue weighted by molar-refractivity contribution is 5.79. The SMILES string of the molecule is Cc1cnn(C(F)(F)C(N)=O)c1. The van der Waals surface area contributed by atoms with Gasteiger partial charge in [-0.2, -0.15) is 13.9 Å². The summed E-state index contributed by atoms with van der Waals surface area (Å²) in [6.07, 6.45) is 2.27. The molecule has 0 aliphatic rings. The van der Waals surface area contributed by atoms with Gasteiger partial charge in [0.2, 0.25) is 0 Å². The molecule has 1 rings (SSSR count). The summed E-state index contributed by atoms with van der Waals surface area (Å²) in [6.45, 7) is 1.58. The van der Waals surface area contributed by atoms with Crippen molar-refractivity contribution >= 4 is 5.91 Å². The maximum atomic E-state index is 12.7. The van der Waals surface area contributed by atoms with Crippen LogP contribution in [0.25, 0.3) is 0 Å². The normalized spacial score (nSPS) is 11.6. The largest absolute Gasteiger partial charge is 0.422 e. The second-order valence-corrected chi connectivity index (χ2v) is 2.37. The minimum Gasteiger partial charge on any atom is -0.363 e. The van der Waals surface area contributed by atoms with E-state index in [1.54, 1.807) is 6.92 Å². The summed E-state index contributed by atoms with van der Waals surface area (Å²) in [5, 5.41) is 3.27. The zero-order valence-electron chi connectivity index (χ0n) is 6.29. The second kappa shape index (κ2) is 2.54. The van der Waals surface area contributed by atoms with Crippen LogP contribution in [0.3, 0.4) is 0 Å². The van der Waals surface area contributed by atoms with E-state index in [0.29, 0.717) is 5.56 Å². The first-order valence-electron chi connectivity index (χ1n) is 3.14. The minimum atomic E-state index is -3.74. The van der Waals surface area contributed by atoms with Gasteiger partial charge in [-0.1, -0.05) is 0 Å². The fourth-order valence-corrected chi connectivity index (χ4v) is 0.679. The highest BCUT2D eigenvalue weighted by Crippen LogP contribution is 2.18. The highest BCUT2D eigenvalue weighted by atomic mass is 19.3. The summed E-state index contributed by atoms with van der Waals surface area (Å²) in [5.41, 5.74) is 5.00. The number of aromatic nitrogens is 2. The maximum Gasteiger partial charge on any atom is 0.422 e. The van der Waals surface area contributed by atoms with E-state index < -0.39 is 12.0 Å². The fourth-order valence-electron chi connectivity index (χ4n) is 0.679. The molecule has 66 valence electrons. The van der Waals surface area contributed by atoms with Gasteiger partial charge >= 0.3 is 12.0 Å². The van der Waals surface area contributed by atoms with Gasteiger partial charge in [0.15, 0.2) is 0 Å². The van der Waals surface area contributed by atoms with Gasteiger partial charge in [0, 0.05) is 6.20 Å². The van der Waals surface area contributed by atoms with Crippen molar-refractivity contribution < 1.29 is 13.6 Å². The van der Waals surface area contributed by atoms with Gasteiger partial charge in [-0.3, -0.25) is 4.79 Å². The number of primary amides is 1. The van der Waals surface area contributed by atoms with Gasteiger partial charge in [-0.15, -0.1) is 0 Å². The summed E-state index contributed by atoms with van der Waals surface area (Å²) >= 11 is 0. The Kier molecular flexibility index (Phi) is 1.83. The molecule has 6 heteroatoms. The molecular formula is C6H7F2N3O. The monoisotopic (exact) mass is 175 g/mol. The third kappa shape index (κ3) is 1.27. The average molecular weight is 175 g/mol. The minimum absolute atomic E-state index is 0.241. The van der Waals surface area contributed by atoms with Crippen molar-refractivity contribution in [3.63, 3.8) is 0 Å². The molecule has 1 aromatic heterocycles. The molecule has 0 aliphatic carbocycles. The summed E-state index contributed by atoms with van der Waals surface area (Å²) in [4.78, 5) is 10.2. The zero-order chi connectivity index (χ0) is 9.35. The molecule has 0 saturated heterocycles. The van der Waals surface area contributed by atoms with Crippen molar-refractivity contribution in [2.45, 2.75) is 13.0 Å². The van der Waals surface area contributed by atoms with E-state index in [4.69, 9.17) is 0 Å². The average Bonchev–Trinajstić information content (AvgIpc) is 2.35. The van der Waals surface area contributed by atoms with E-state index in [9.17, 15) is 13.6 Å². The number of alkyl halides is 2. The number of hydrogen-bond donors (Lipinski definition) is 1. The second-order valence-electron chi connectivity index (χ2n) is 2.37. The quantitative estimate of drug-likeness (QED) is 0.699. The van der Waals surface area contributed by atoms with Gasteiger partial charge in [-0.25, -0.2) is 4.68 Å². The first-order chi connectivity index (χ1) is 5.44. The number of carbonyl (C=O) groups is 1. The summed E-state index contributed by atoms with van der Waals surface area (Å²) < 4.78 is 25.7. The van der Waals surface area contributed by atoms with Gasteiger partial charge < -0.3 is 5.73 Å². The molecule has 0 atom stereocenters. The zero-order valence-corrected chi connectivity index (χ0v) is 6.29. The van der Waals surface area contributed by atoms with Crippen molar-refractivity contribution in [1.82, 2.24) is 9.78 Å². The molecule has 4 nitrogen and oxygen atoms in total. The first kappa shape index (κ1) is 8.63. The molecule has 0 radical (unpaired) electrons. The van der Waals surface area contributed by atoms with Crippen molar-refractivity contribution in [1.29, 1.82) is 0 Å². The van der Waals surface area contributed by atoms with Gasteiger partial charge in [0.05, 0.1) is 6.20 Å². The molecule has 0 fully saturated rings. The Morgan fingerprint density at radius 3 is 2.67 bits per heavy atom. The summed E-state index contributed by atoms with van der Waals surface area (Å²) in [5.74, 6) is -1.72. The highest BCUT2D eigenvalue weighted by Gasteiger charge is 2.39. The van der Waals surface area contributed by atoms with Crippen LogP contribution >= 0.6 is 0 Å². The molecule has 0 saturated carbocycles. The Labute approximate surface area is 67.0 Å². The van der Waals surface area contributed by atoms with Crippen molar-refractivity contribution in [3.8, 4) is 0 Å². The molecule has 1 aromatic rings. The van der Waals surface area contributed by atoms with E-state index >= 15 is 0 Å². The van der Waals surface area contributed by atoms with E-state index in [0.717, 1.165) is 6.20 Å². The molecule has 0 aliphatic heterocycles. The van der Waals surface area contributed by atoms with Gasteiger partial charge in [-0.05, 0) is 12.5 Å². The number of halogens is 2. The van der Waals surface area contributed by atoms with E-state index in [1.807, 2.05) is 0 Å². The van der Waals surface area contributed by atoms with Crippen LogP contribution in [0, 0.1) is 6.92 Å². The molecule has 0 spiro atoms. The number of nitrogens with zero attached hydrogens (tertiary/aromatic N) is 2. The number of aryl methyl sites for hydroxylation is 1. The number of nitrogens with two attached hydrogens (primary N) is 1. The Morgan fingerprint density at radius 2 is 2.33 bits per heavy atom. The Morgan fingerprint density at radius 1 is 1.75 bits per heavy atom.